The fourth-order valence-corrected chi connectivity index (χ4v) is 18.1. The molecular formula is C57H38N4Si+2. The molecule has 4 nitrogen and oxygen atoms in total. The topological polar surface area (TPSA) is 17.1 Å². The standard InChI is InChI=1S/C57H38N4Si/c1-35-16-15-17-36(2)51(35)47-34-59-56-52-42(44-32-37-18-9-10-19-38(37)33-46(44)60(47)56)27-29-48-53(52)57(59)54-49(62(48,39-20-5-3-6-21-39)40-22-7-4-8-23-40)30-28-43-41-24-11-12-25-45(41)61(55(43)54)50-26-13-14-31-58(50)57/h3-34H,1-2H3/q+2. The highest BCUT2D eigenvalue weighted by Gasteiger charge is 2.68. The number of aryl methyl sites for hydroxylation is 2. The van der Waals surface area contributed by atoms with Gasteiger partial charge in [0.15, 0.2) is 19.3 Å². The summed E-state index contributed by atoms with van der Waals surface area (Å²) in [6.07, 6.45) is 4.90. The van der Waals surface area contributed by atoms with Crippen molar-refractivity contribution in [3.8, 4) is 17.1 Å². The highest BCUT2D eigenvalue weighted by Crippen LogP contribution is 2.51. The minimum Gasteiger partial charge on any atom is -0.191 e. The predicted octanol–water partition coefficient (Wildman–Crippen LogP) is 8.97. The van der Waals surface area contributed by atoms with Crippen molar-refractivity contribution in [1.29, 1.82) is 0 Å². The van der Waals surface area contributed by atoms with E-state index in [0.29, 0.717) is 0 Å². The van der Waals surface area contributed by atoms with E-state index in [1.807, 2.05) is 0 Å². The molecule has 0 bridgehead atoms. The third-order valence-electron chi connectivity index (χ3n) is 15.0. The van der Waals surface area contributed by atoms with Gasteiger partial charge in [-0.2, -0.15) is 18.1 Å². The molecule has 0 fully saturated rings. The highest BCUT2D eigenvalue weighted by atomic mass is 28.3. The monoisotopic (exact) mass is 806 g/mol. The van der Waals surface area contributed by atoms with Gasteiger partial charge >= 0.3 is 5.66 Å². The fourth-order valence-electron chi connectivity index (χ4n) is 12.8. The normalized spacial score (nSPS) is 16.4. The van der Waals surface area contributed by atoms with Crippen LogP contribution in [0.15, 0.2) is 194 Å². The van der Waals surface area contributed by atoms with E-state index in [1.165, 1.54) is 120 Å². The van der Waals surface area contributed by atoms with E-state index in [1.54, 1.807) is 0 Å². The van der Waals surface area contributed by atoms with Crippen LogP contribution in [0.25, 0.3) is 77.0 Å². The van der Waals surface area contributed by atoms with E-state index in [2.05, 4.69) is 226 Å². The van der Waals surface area contributed by atoms with E-state index in [0.717, 1.165) is 0 Å². The number of aromatic nitrogens is 4. The van der Waals surface area contributed by atoms with Gasteiger partial charge in [0.05, 0.1) is 22.7 Å². The zero-order valence-corrected chi connectivity index (χ0v) is 35.3. The van der Waals surface area contributed by atoms with Crippen molar-refractivity contribution in [3.05, 3.63) is 217 Å². The summed E-state index contributed by atoms with van der Waals surface area (Å²) in [5, 5.41) is 14.7. The van der Waals surface area contributed by atoms with Crippen LogP contribution in [0, 0.1) is 13.8 Å². The van der Waals surface area contributed by atoms with Crippen LogP contribution in [0.3, 0.4) is 0 Å². The number of para-hydroxylation sites is 1. The molecule has 0 amide bonds. The zero-order chi connectivity index (χ0) is 40.6. The molecule has 0 saturated carbocycles. The first-order valence-electron chi connectivity index (χ1n) is 21.8. The van der Waals surface area contributed by atoms with E-state index in [4.69, 9.17) is 0 Å². The first kappa shape index (κ1) is 33.2. The van der Waals surface area contributed by atoms with Crippen molar-refractivity contribution in [2.75, 3.05) is 0 Å². The molecule has 12 aromatic rings. The molecule has 5 heteroatoms. The van der Waals surface area contributed by atoms with E-state index < -0.39 is 13.7 Å². The molecule has 0 saturated heterocycles. The lowest BCUT2D eigenvalue weighted by molar-refractivity contribution is -0.955. The second-order valence-electron chi connectivity index (χ2n) is 17.8. The quantitative estimate of drug-likeness (QED) is 0.0735. The number of hydrogen-bond acceptors (Lipinski definition) is 0. The third-order valence-corrected chi connectivity index (χ3v) is 19.9. The number of benzene rings is 8. The number of fused-ring (bicyclic) bond motifs is 9. The molecule has 7 heterocycles. The largest absolute Gasteiger partial charge is 0.311 e. The first-order chi connectivity index (χ1) is 30.6. The van der Waals surface area contributed by atoms with Crippen LogP contribution < -0.4 is 29.9 Å². The third kappa shape index (κ3) is 3.55. The number of hydrogen-bond donors (Lipinski definition) is 0. The molecule has 3 aliphatic heterocycles. The van der Waals surface area contributed by atoms with E-state index >= 15 is 0 Å². The van der Waals surface area contributed by atoms with E-state index in [9.17, 15) is 0 Å². The molecular weight excluding hydrogens is 769 g/mol. The minimum atomic E-state index is -3.04. The SMILES string of the molecule is Cc1cccc(C)c1-c1c[n+]2c3c4c5c(ccc4c4cc6ccccc6cc4n13)[Si](c1ccccc1)(c1ccccc1)c1ccc3c4ccccc4n4c3c1C52[n+]1ccccc1-4. The van der Waals surface area contributed by atoms with Crippen LogP contribution in [-0.4, -0.2) is 17.0 Å². The minimum absolute atomic E-state index is 0.746. The Morgan fingerprint density at radius 2 is 1.15 bits per heavy atom. The van der Waals surface area contributed by atoms with Crippen LogP contribution in [-0.2, 0) is 5.66 Å². The number of imidazole rings is 1. The average molecular weight is 807 g/mol. The van der Waals surface area contributed by atoms with Gasteiger partial charge in [-0.3, -0.25) is 0 Å². The van der Waals surface area contributed by atoms with Gasteiger partial charge in [0.2, 0.25) is 0 Å². The molecule has 62 heavy (non-hydrogen) atoms. The lowest BCUT2D eigenvalue weighted by Crippen LogP contribution is -2.86. The molecule has 8 aromatic carbocycles. The molecule has 288 valence electrons. The smallest absolute Gasteiger partial charge is 0.191 e. The summed E-state index contributed by atoms with van der Waals surface area (Å²) in [5.41, 5.74) is 12.2. The first-order valence-corrected chi connectivity index (χ1v) is 23.8. The van der Waals surface area contributed by atoms with Crippen LogP contribution in [0.4, 0.5) is 0 Å². The summed E-state index contributed by atoms with van der Waals surface area (Å²) in [5.74, 6) is 1.17. The summed E-state index contributed by atoms with van der Waals surface area (Å²) in [7, 11) is -3.04. The molecule has 1 spiro atoms. The summed E-state index contributed by atoms with van der Waals surface area (Å²) in [6, 6.07) is 69.5. The Kier molecular flexibility index (Phi) is 5.99. The predicted molar refractivity (Wildman–Crippen MR) is 255 cm³/mol. The van der Waals surface area contributed by atoms with E-state index in [-0.39, 0.29) is 0 Å². The maximum atomic E-state index is 2.72. The lowest BCUT2D eigenvalue weighted by Gasteiger charge is -2.45. The van der Waals surface area contributed by atoms with Gasteiger partial charge in [-0.25, -0.2) is 0 Å². The van der Waals surface area contributed by atoms with Gasteiger partial charge in [-0.05, 0) is 92.9 Å². The zero-order valence-electron chi connectivity index (χ0n) is 34.3. The number of nitrogens with zero attached hydrogens (tertiary/aromatic N) is 4. The van der Waals surface area contributed by atoms with Gasteiger partial charge in [0.1, 0.15) is 17.2 Å². The van der Waals surface area contributed by atoms with Crippen molar-refractivity contribution in [2.24, 2.45) is 0 Å². The summed E-state index contributed by atoms with van der Waals surface area (Å²) < 4.78 is 10.6. The molecule has 3 aliphatic rings. The Labute approximate surface area is 358 Å². The second-order valence-corrected chi connectivity index (χ2v) is 21.5. The molecule has 0 aliphatic carbocycles. The van der Waals surface area contributed by atoms with Gasteiger partial charge in [0, 0.05) is 33.2 Å². The molecule has 1 atom stereocenters. The molecule has 0 N–H and O–H groups in total. The maximum Gasteiger partial charge on any atom is 0.311 e. The summed E-state index contributed by atoms with van der Waals surface area (Å²) in [6.45, 7) is 4.56. The number of pyridine rings is 2. The van der Waals surface area contributed by atoms with Gasteiger partial charge in [0.25, 0.3) is 11.5 Å². The maximum absolute atomic E-state index is 3.04. The van der Waals surface area contributed by atoms with Gasteiger partial charge in [-0.1, -0.05) is 140 Å². The fraction of sp³-hybridized carbons (Fsp3) is 0.0526. The Morgan fingerprint density at radius 1 is 0.500 bits per heavy atom. The van der Waals surface area contributed by atoms with Gasteiger partial charge < -0.3 is 0 Å². The highest BCUT2D eigenvalue weighted by molar-refractivity contribution is 7.20. The van der Waals surface area contributed by atoms with Gasteiger partial charge in [-0.15, -0.1) is 0 Å². The second kappa shape index (κ2) is 11.2. The van der Waals surface area contributed by atoms with Crippen molar-refractivity contribution >= 4 is 88.7 Å². The average Bonchev–Trinajstić information content (AvgIpc) is 3.97. The Hall–Kier alpha value is -7.60. The Balaban J connectivity index is 1.29. The lowest BCUT2D eigenvalue weighted by atomic mass is 9.85. The Morgan fingerprint density at radius 3 is 1.90 bits per heavy atom. The molecule has 1 unspecified atom stereocenters. The van der Waals surface area contributed by atoms with Crippen molar-refractivity contribution < 1.29 is 9.13 Å². The van der Waals surface area contributed by atoms with Crippen LogP contribution >= 0.6 is 0 Å². The van der Waals surface area contributed by atoms with Crippen molar-refractivity contribution in [1.82, 2.24) is 8.97 Å². The molecule has 4 aromatic heterocycles. The number of rotatable bonds is 3. The molecule has 15 rings (SSSR count). The molecule has 0 radical (unpaired) electrons. The van der Waals surface area contributed by atoms with Crippen LogP contribution in [0.1, 0.15) is 22.3 Å². The van der Waals surface area contributed by atoms with Crippen molar-refractivity contribution in [2.45, 2.75) is 19.5 Å². The Bertz CT molecular complexity index is 3950. The summed E-state index contributed by atoms with van der Waals surface area (Å²) in [4.78, 5) is 0. The van der Waals surface area contributed by atoms with Crippen molar-refractivity contribution in [3.63, 3.8) is 0 Å². The van der Waals surface area contributed by atoms with Crippen LogP contribution in [0.2, 0.25) is 0 Å². The summed E-state index contributed by atoms with van der Waals surface area (Å²) >= 11 is 0. The van der Waals surface area contributed by atoms with Crippen LogP contribution in [0.5, 0.6) is 0 Å².